The Kier molecular flexibility index (Phi) is 5.45. The molecule has 0 heterocycles. The third-order valence-electron chi connectivity index (χ3n) is 2.71. The summed E-state index contributed by atoms with van der Waals surface area (Å²) in [5.74, 6) is 0.966. The molecule has 0 aliphatic carbocycles. The monoisotopic (exact) mass is 236 g/mol. The van der Waals surface area contributed by atoms with Gasteiger partial charge in [0.15, 0.2) is 0 Å². The van der Waals surface area contributed by atoms with E-state index < -0.39 is 0 Å². The largest absolute Gasteiger partial charge is 0.496 e. The first-order chi connectivity index (χ1) is 8.03. The van der Waals surface area contributed by atoms with Crippen LogP contribution in [-0.2, 0) is 6.42 Å². The smallest absolute Gasteiger partial charge is 0.122 e. The number of ether oxygens (including phenoxy) is 1. The van der Waals surface area contributed by atoms with E-state index >= 15 is 0 Å². The summed E-state index contributed by atoms with van der Waals surface area (Å²) in [6, 6.07) is 8.14. The Balaban J connectivity index is 2.27. The second-order valence-electron chi connectivity index (χ2n) is 5.05. The van der Waals surface area contributed by atoms with Crippen molar-refractivity contribution in [3.63, 3.8) is 0 Å². The van der Waals surface area contributed by atoms with Gasteiger partial charge in [0.1, 0.15) is 5.75 Å². The molecule has 0 saturated heterocycles. The molecule has 3 heteroatoms. The zero-order valence-corrected chi connectivity index (χ0v) is 11.1. The molecule has 0 aromatic heterocycles. The van der Waals surface area contributed by atoms with Gasteiger partial charge in [-0.05, 0) is 51.4 Å². The summed E-state index contributed by atoms with van der Waals surface area (Å²) in [5.41, 5.74) is 7.07. The first kappa shape index (κ1) is 14.0. The molecule has 0 aliphatic heterocycles. The van der Waals surface area contributed by atoms with Gasteiger partial charge >= 0.3 is 0 Å². The average molecular weight is 236 g/mol. The van der Waals surface area contributed by atoms with Gasteiger partial charge in [0.25, 0.3) is 0 Å². The third kappa shape index (κ3) is 5.71. The Morgan fingerprint density at radius 2 is 1.94 bits per heavy atom. The van der Waals surface area contributed by atoms with Crippen molar-refractivity contribution in [1.29, 1.82) is 0 Å². The minimum Gasteiger partial charge on any atom is -0.496 e. The molecule has 0 aliphatic rings. The quantitative estimate of drug-likeness (QED) is 0.711. The molecule has 1 aromatic carbocycles. The highest BCUT2D eigenvalue weighted by molar-refractivity contribution is 5.33. The number of para-hydroxylation sites is 1. The lowest BCUT2D eigenvalue weighted by molar-refractivity contribution is 0.408. The number of methoxy groups -OCH3 is 1. The van der Waals surface area contributed by atoms with Gasteiger partial charge in [0, 0.05) is 5.54 Å². The van der Waals surface area contributed by atoms with Crippen molar-refractivity contribution in [2.24, 2.45) is 5.73 Å². The highest BCUT2D eigenvalue weighted by atomic mass is 16.5. The van der Waals surface area contributed by atoms with Crippen LogP contribution >= 0.6 is 0 Å². The molecule has 0 amide bonds. The van der Waals surface area contributed by atoms with E-state index in [4.69, 9.17) is 10.5 Å². The van der Waals surface area contributed by atoms with Crippen molar-refractivity contribution in [2.45, 2.75) is 32.2 Å². The van der Waals surface area contributed by atoms with Gasteiger partial charge in [-0.2, -0.15) is 0 Å². The summed E-state index contributed by atoms with van der Waals surface area (Å²) >= 11 is 0. The number of hydrogen-bond donors (Lipinski definition) is 2. The highest BCUT2D eigenvalue weighted by Gasteiger charge is 2.09. The lowest BCUT2D eigenvalue weighted by Gasteiger charge is -2.18. The number of nitrogens with one attached hydrogen (secondary N) is 1. The maximum Gasteiger partial charge on any atom is 0.122 e. The summed E-state index contributed by atoms with van der Waals surface area (Å²) in [6.45, 7) is 6.01. The normalized spacial score (nSPS) is 11.5. The molecule has 96 valence electrons. The van der Waals surface area contributed by atoms with Crippen LogP contribution in [0.3, 0.4) is 0 Å². The molecule has 0 unspecified atom stereocenters. The topological polar surface area (TPSA) is 47.3 Å². The molecule has 3 N–H and O–H groups in total. The van der Waals surface area contributed by atoms with Gasteiger partial charge < -0.3 is 15.8 Å². The first-order valence-corrected chi connectivity index (χ1v) is 6.14. The zero-order valence-electron chi connectivity index (χ0n) is 11.1. The fraction of sp³-hybridized carbons (Fsp3) is 0.571. The van der Waals surface area contributed by atoms with Crippen LogP contribution in [0.15, 0.2) is 24.3 Å². The first-order valence-electron chi connectivity index (χ1n) is 6.14. The second kappa shape index (κ2) is 6.62. The van der Waals surface area contributed by atoms with E-state index in [1.54, 1.807) is 7.11 Å². The fourth-order valence-electron chi connectivity index (χ4n) is 1.67. The number of benzene rings is 1. The van der Waals surface area contributed by atoms with Gasteiger partial charge in [-0.1, -0.05) is 18.2 Å². The average Bonchev–Trinajstić information content (AvgIpc) is 2.27. The van der Waals surface area contributed by atoms with Crippen molar-refractivity contribution in [3.05, 3.63) is 29.8 Å². The van der Waals surface area contributed by atoms with Gasteiger partial charge in [-0.3, -0.25) is 0 Å². The number of rotatable bonds is 7. The third-order valence-corrected chi connectivity index (χ3v) is 2.71. The fourth-order valence-corrected chi connectivity index (χ4v) is 1.67. The van der Waals surface area contributed by atoms with E-state index in [-0.39, 0.29) is 5.54 Å². The Hall–Kier alpha value is -1.06. The molecular formula is C14H24N2O. The predicted molar refractivity (Wildman–Crippen MR) is 72.5 cm³/mol. The van der Waals surface area contributed by atoms with Crippen LogP contribution < -0.4 is 15.8 Å². The van der Waals surface area contributed by atoms with Crippen LogP contribution in [0.1, 0.15) is 25.8 Å². The molecular weight excluding hydrogens is 212 g/mol. The Labute approximate surface area is 104 Å². The molecule has 0 atom stereocenters. The Morgan fingerprint density at radius 1 is 1.24 bits per heavy atom. The molecule has 0 spiro atoms. The summed E-state index contributed by atoms with van der Waals surface area (Å²) in [6.07, 6.45) is 1.97. The lowest BCUT2D eigenvalue weighted by atomic mass is 10.0. The van der Waals surface area contributed by atoms with E-state index in [1.807, 2.05) is 18.2 Å². The van der Waals surface area contributed by atoms with Gasteiger partial charge in [0.2, 0.25) is 0 Å². The standard InChI is InChI=1S/C14H24N2O/c1-14(2,15)9-11-16-10-8-12-6-4-5-7-13(12)17-3/h4-7,16H,8-11,15H2,1-3H3. The van der Waals surface area contributed by atoms with Crippen molar-refractivity contribution < 1.29 is 4.74 Å². The predicted octanol–water partition coefficient (Wildman–Crippen LogP) is 1.95. The minimum absolute atomic E-state index is 0.0859. The molecule has 0 fully saturated rings. The van der Waals surface area contributed by atoms with Crippen LogP contribution in [0.5, 0.6) is 5.75 Å². The van der Waals surface area contributed by atoms with Gasteiger partial charge in [-0.15, -0.1) is 0 Å². The Bertz CT molecular complexity index is 331. The van der Waals surface area contributed by atoms with E-state index in [0.29, 0.717) is 0 Å². The molecule has 0 bridgehead atoms. The SMILES string of the molecule is COc1ccccc1CCNCCC(C)(C)N. The minimum atomic E-state index is -0.0859. The van der Waals surface area contributed by atoms with Crippen LogP contribution in [0, 0.1) is 0 Å². The van der Waals surface area contributed by atoms with Gasteiger partial charge in [0.05, 0.1) is 7.11 Å². The van der Waals surface area contributed by atoms with Crippen LogP contribution in [-0.4, -0.2) is 25.7 Å². The highest BCUT2D eigenvalue weighted by Crippen LogP contribution is 2.17. The summed E-state index contributed by atoms with van der Waals surface area (Å²) in [7, 11) is 1.71. The zero-order chi connectivity index (χ0) is 12.7. The summed E-state index contributed by atoms with van der Waals surface area (Å²) < 4.78 is 5.31. The molecule has 1 aromatic rings. The lowest BCUT2D eigenvalue weighted by Crippen LogP contribution is -2.36. The maximum atomic E-state index is 5.91. The second-order valence-corrected chi connectivity index (χ2v) is 5.05. The van der Waals surface area contributed by atoms with Crippen LogP contribution in [0.4, 0.5) is 0 Å². The molecule has 0 radical (unpaired) electrons. The number of nitrogens with two attached hydrogens (primary N) is 1. The molecule has 3 nitrogen and oxygen atoms in total. The van der Waals surface area contributed by atoms with E-state index in [1.165, 1.54) is 5.56 Å². The van der Waals surface area contributed by atoms with Crippen molar-refractivity contribution in [3.8, 4) is 5.75 Å². The van der Waals surface area contributed by atoms with E-state index in [0.717, 1.165) is 31.7 Å². The molecule has 0 saturated carbocycles. The number of hydrogen-bond acceptors (Lipinski definition) is 3. The molecule has 1 rings (SSSR count). The molecule has 17 heavy (non-hydrogen) atoms. The van der Waals surface area contributed by atoms with Crippen molar-refractivity contribution in [2.75, 3.05) is 20.2 Å². The van der Waals surface area contributed by atoms with Crippen LogP contribution in [0.25, 0.3) is 0 Å². The Morgan fingerprint density at radius 3 is 2.59 bits per heavy atom. The van der Waals surface area contributed by atoms with E-state index in [9.17, 15) is 0 Å². The van der Waals surface area contributed by atoms with Crippen molar-refractivity contribution >= 4 is 0 Å². The van der Waals surface area contributed by atoms with Crippen molar-refractivity contribution in [1.82, 2.24) is 5.32 Å². The van der Waals surface area contributed by atoms with Crippen LogP contribution in [0.2, 0.25) is 0 Å². The van der Waals surface area contributed by atoms with Gasteiger partial charge in [-0.25, -0.2) is 0 Å². The van der Waals surface area contributed by atoms with E-state index in [2.05, 4.69) is 25.2 Å². The maximum absolute atomic E-state index is 5.91. The summed E-state index contributed by atoms with van der Waals surface area (Å²) in [4.78, 5) is 0. The summed E-state index contributed by atoms with van der Waals surface area (Å²) in [5, 5.41) is 3.41.